The number of rotatable bonds is 5. The zero-order valence-electron chi connectivity index (χ0n) is 14.3. The van der Waals surface area contributed by atoms with Crippen molar-refractivity contribution in [2.75, 3.05) is 6.61 Å². The first-order chi connectivity index (χ1) is 10.8. The molecule has 0 N–H and O–H groups in total. The highest BCUT2D eigenvalue weighted by Gasteiger charge is 2.20. The first kappa shape index (κ1) is 17.5. The van der Waals surface area contributed by atoms with E-state index < -0.39 is 0 Å². The van der Waals surface area contributed by atoms with Crippen LogP contribution in [0.2, 0.25) is 5.02 Å². The van der Waals surface area contributed by atoms with Gasteiger partial charge < -0.3 is 4.74 Å². The second kappa shape index (κ2) is 7.18. The molecule has 0 aliphatic heterocycles. The molecule has 1 atom stereocenters. The Morgan fingerprint density at radius 2 is 2.04 bits per heavy atom. The van der Waals surface area contributed by atoms with Gasteiger partial charge in [0.15, 0.2) is 6.61 Å². The molecule has 0 saturated heterocycles. The van der Waals surface area contributed by atoms with Crippen molar-refractivity contribution >= 4 is 17.5 Å². The van der Waals surface area contributed by atoms with Gasteiger partial charge in [-0.3, -0.25) is 4.79 Å². The molecule has 0 radical (unpaired) electrons. The molecular formula is C18H23ClN2O2. The van der Waals surface area contributed by atoms with E-state index in [4.69, 9.17) is 16.3 Å². The molecule has 0 amide bonds. The van der Waals surface area contributed by atoms with Gasteiger partial charge in [0.2, 0.25) is 0 Å². The van der Waals surface area contributed by atoms with Crippen molar-refractivity contribution in [1.82, 2.24) is 9.78 Å². The number of aryl methyl sites for hydroxylation is 2. The Bertz CT molecular complexity index is 722. The lowest BCUT2D eigenvalue weighted by Crippen LogP contribution is -2.22. The molecule has 1 heterocycles. The van der Waals surface area contributed by atoms with E-state index in [0.717, 1.165) is 28.9 Å². The van der Waals surface area contributed by atoms with Crippen molar-refractivity contribution in [3.8, 4) is 5.75 Å². The Balaban J connectivity index is 2.15. The first-order valence-corrected chi connectivity index (χ1v) is 8.21. The maximum atomic E-state index is 12.4. The van der Waals surface area contributed by atoms with Crippen molar-refractivity contribution in [2.45, 2.75) is 47.0 Å². The van der Waals surface area contributed by atoms with E-state index >= 15 is 0 Å². The van der Waals surface area contributed by atoms with Crippen molar-refractivity contribution < 1.29 is 9.53 Å². The van der Waals surface area contributed by atoms with Gasteiger partial charge in [0.05, 0.1) is 5.69 Å². The molecule has 1 aromatic carbocycles. The normalized spacial score (nSPS) is 12.3. The third-order valence-corrected chi connectivity index (χ3v) is 4.41. The number of aromatic nitrogens is 2. The maximum absolute atomic E-state index is 12.4. The minimum absolute atomic E-state index is 0.0512. The molecule has 0 bridgehead atoms. The standard InChI is InChI=1S/C18H23ClN2O2/c1-6-11(2)18-13(4)20-21(14(18)5)17(22)10-23-16-8-7-15(19)9-12(16)3/h7-9,11H,6,10H2,1-5H3. The summed E-state index contributed by atoms with van der Waals surface area (Å²) >= 11 is 5.92. The molecule has 0 aliphatic carbocycles. The summed E-state index contributed by atoms with van der Waals surface area (Å²) in [4.78, 5) is 12.4. The summed E-state index contributed by atoms with van der Waals surface area (Å²) in [7, 11) is 0. The van der Waals surface area contributed by atoms with E-state index in [0.29, 0.717) is 16.7 Å². The second-order valence-electron chi connectivity index (χ2n) is 5.90. The van der Waals surface area contributed by atoms with Crippen molar-refractivity contribution in [3.63, 3.8) is 0 Å². The Morgan fingerprint density at radius 1 is 1.35 bits per heavy atom. The Labute approximate surface area is 142 Å². The van der Waals surface area contributed by atoms with Crippen LogP contribution in [0.5, 0.6) is 5.75 Å². The van der Waals surface area contributed by atoms with E-state index in [1.54, 1.807) is 12.1 Å². The van der Waals surface area contributed by atoms with Crippen LogP contribution >= 0.6 is 11.6 Å². The Hall–Kier alpha value is -1.81. The summed E-state index contributed by atoms with van der Waals surface area (Å²) in [5, 5.41) is 5.04. The predicted octanol–water partition coefficient (Wildman–Crippen LogP) is 4.69. The number of benzene rings is 1. The van der Waals surface area contributed by atoms with Crippen LogP contribution in [0.1, 0.15) is 53.5 Å². The van der Waals surface area contributed by atoms with E-state index in [2.05, 4.69) is 18.9 Å². The van der Waals surface area contributed by atoms with Crippen LogP contribution in [-0.2, 0) is 0 Å². The number of hydrogen-bond acceptors (Lipinski definition) is 3. The summed E-state index contributed by atoms with van der Waals surface area (Å²) in [6, 6.07) is 5.33. The molecular weight excluding hydrogens is 312 g/mol. The minimum atomic E-state index is -0.172. The summed E-state index contributed by atoms with van der Waals surface area (Å²) in [5.74, 6) is 0.872. The number of carbonyl (C=O) groups excluding carboxylic acids is 1. The molecule has 0 saturated carbocycles. The molecule has 0 spiro atoms. The van der Waals surface area contributed by atoms with Gasteiger partial charge in [-0.05, 0) is 62.4 Å². The highest BCUT2D eigenvalue weighted by Crippen LogP contribution is 2.26. The monoisotopic (exact) mass is 334 g/mol. The SMILES string of the molecule is CCC(C)c1c(C)nn(C(=O)COc2ccc(Cl)cc2C)c1C. The van der Waals surface area contributed by atoms with Crippen LogP contribution < -0.4 is 4.74 Å². The van der Waals surface area contributed by atoms with E-state index in [9.17, 15) is 4.79 Å². The first-order valence-electron chi connectivity index (χ1n) is 7.83. The molecule has 0 fully saturated rings. The van der Waals surface area contributed by atoms with Gasteiger partial charge >= 0.3 is 0 Å². The molecule has 2 rings (SSSR count). The van der Waals surface area contributed by atoms with Gasteiger partial charge in [-0.2, -0.15) is 5.10 Å². The van der Waals surface area contributed by atoms with Crippen molar-refractivity contribution in [2.24, 2.45) is 0 Å². The van der Waals surface area contributed by atoms with Gasteiger partial charge in [-0.1, -0.05) is 25.4 Å². The molecule has 4 nitrogen and oxygen atoms in total. The fourth-order valence-corrected chi connectivity index (χ4v) is 3.02. The molecule has 124 valence electrons. The molecule has 2 aromatic rings. The summed E-state index contributed by atoms with van der Waals surface area (Å²) in [5.41, 5.74) is 3.87. The molecule has 1 unspecified atom stereocenters. The smallest absolute Gasteiger partial charge is 0.284 e. The number of hydrogen-bond donors (Lipinski definition) is 0. The lowest BCUT2D eigenvalue weighted by molar-refractivity contribution is 0.0817. The van der Waals surface area contributed by atoms with Crippen LogP contribution in [0.3, 0.4) is 0 Å². The number of nitrogens with zero attached hydrogens (tertiary/aromatic N) is 2. The minimum Gasteiger partial charge on any atom is -0.483 e. The number of carbonyl (C=O) groups is 1. The third kappa shape index (κ3) is 3.75. The Morgan fingerprint density at radius 3 is 2.65 bits per heavy atom. The fraction of sp³-hybridized carbons (Fsp3) is 0.444. The fourth-order valence-electron chi connectivity index (χ4n) is 2.79. The maximum Gasteiger partial charge on any atom is 0.284 e. The van der Waals surface area contributed by atoms with E-state index in [-0.39, 0.29) is 12.5 Å². The average molecular weight is 335 g/mol. The lowest BCUT2D eigenvalue weighted by atomic mass is 9.97. The zero-order chi connectivity index (χ0) is 17.1. The van der Waals surface area contributed by atoms with Crippen molar-refractivity contribution in [1.29, 1.82) is 0 Å². The van der Waals surface area contributed by atoms with Crippen molar-refractivity contribution in [3.05, 3.63) is 45.7 Å². The van der Waals surface area contributed by atoms with Gasteiger partial charge in [-0.15, -0.1) is 0 Å². The van der Waals surface area contributed by atoms with E-state index in [1.807, 2.05) is 26.8 Å². The molecule has 0 aliphatic rings. The highest BCUT2D eigenvalue weighted by molar-refractivity contribution is 6.30. The molecule has 5 heteroatoms. The lowest BCUT2D eigenvalue weighted by Gasteiger charge is -2.11. The topological polar surface area (TPSA) is 44.1 Å². The largest absolute Gasteiger partial charge is 0.483 e. The van der Waals surface area contributed by atoms with Crippen LogP contribution in [0, 0.1) is 20.8 Å². The van der Waals surface area contributed by atoms with Crippen LogP contribution in [0.15, 0.2) is 18.2 Å². The Kier molecular flexibility index (Phi) is 5.47. The van der Waals surface area contributed by atoms with Crippen LogP contribution in [0.4, 0.5) is 0 Å². The van der Waals surface area contributed by atoms with Crippen LogP contribution in [-0.4, -0.2) is 22.3 Å². The summed E-state index contributed by atoms with van der Waals surface area (Å²) in [6.07, 6.45) is 1.02. The highest BCUT2D eigenvalue weighted by atomic mass is 35.5. The summed E-state index contributed by atoms with van der Waals surface area (Å²) in [6.45, 7) is 10.0. The van der Waals surface area contributed by atoms with Gasteiger partial charge in [0.1, 0.15) is 5.75 Å². The van der Waals surface area contributed by atoms with Gasteiger partial charge in [0.25, 0.3) is 5.91 Å². The van der Waals surface area contributed by atoms with E-state index in [1.165, 1.54) is 4.68 Å². The van der Waals surface area contributed by atoms with Crippen LogP contribution in [0.25, 0.3) is 0 Å². The number of halogens is 1. The molecule has 1 aromatic heterocycles. The molecule has 23 heavy (non-hydrogen) atoms. The summed E-state index contributed by atoms with van der Waals surface area (Å²) < 4.78 is 7.09. The predicted molar refractivity (Wildman–Crippen MR) is 92.7 cm³/mol. The third-order valence-electron chi connectivity index (χ3n) is 4.18. The van der Waals surface area contributed by atoms with Gasteiger partial charge in [0, 0.05) is 10.7 Å². The number of ether oxygens (including phenoxy) is 1. The van der Waals surface area contributed by atoms with Gasteiger partial charge in [-0.25, -0.2) is 4.68 Å². The zero-order valence-corrected chi connectivity index (χ0v) is 15.1. The quantitative estimate of drug-likeness (QED) is 0.796. The average Bonchev–Trinajstić information content (AvgIpc) is 2.80. The second-order valence-corrected chi connectivity index (χ2v) is 6.33.